The third kappa shape index (κ3) is 8.29. The fourth-order valence-corrected chi connectivity index (χ4v) is 6.42. The van der Waals surface area contributed by atoms with Crippen LogP contribution < -0.4 is 0 Å². The van der Waals surface area contributed by atoms with E-state index in [1.54, 1.807) is 48.5 Å². The van der Waals surface area contributed by atoms with Crippen LogP contribution in [0.25, 0.3) is 45.0 Å². The highest BCUT2D eigenvalue weighted by atomic mass is 79.9. The van der Waals surface area contributed by atoms with E-state index in [1.807, 2.05) is 0 Å². The van der Waals surface area contributed by atoms with Gasteiger partial charge >= 0.3 is 0 Å². The van der Waals surface area contributed by atoms with Crippen LogP contribution in [0.5, 0.6) is 0 Å². The lowest BCUT2D eigenvalue weighted by atomic mass is 10.1. The molecule has 0 aliphatic rings. The maximum absolute atomic E-state index is 13.6. The summed E-state index contributed by atoms with van der Waals surface area (Å²) < 4.78 is 54.4. The van der Waals surface area contributed by atoms with E-state index in [1.165, 1.54) is 72.1 Å². The van der Waals surface area contributed by atoms with Gasteiger partial charge < -0.3 is 9.97 Å². The van der Waals surface area contributed by atoms with E-state index in [4.69, 9.17) is 9.97 Å². The largest absolute Gasteiger partial charge is 0.332 e. The lowest BCUT2D eigenvalue weighted by Crippen LogP contribution is -2.00. The summed E-state index contributed by atoms with van der Waals surface area (Å²) in [5.41, 5.74) is 5.73. The molecular weight excluding hydrogens is 752 g/mol. The van der Waals surface area contributed by atoms with Gasteiger partial charge in [-0.15, -0.1) is 34.0 Å². The van der Waals surface area contributed by atoms with Crippen LogP contribution in [0.2, 0.25) is 0 Å². The van der Waals surface area contributed by atoms with Crippen molar-refractivity contribution < 1.29 is 17.6 Å². The molecule has 2 N–H and O–H groups in total. The van der Waals surface area contributed by atoms with Crippen molar-refractivity contribution in [3.8, 4) is 45.0 Å². The quantitative estimate of drug-likeness (QED) is 0.113. The molecule has 232 valence electrons. The number of hydrogen-bond donors (Lipinski definition) is 2. The van der Waals surface area contributed by atoms with Crippen molar-refractivity contribution in [1.82, 2.24) is 19.9 Å². The van der Waals surface area contributed by atoms with Gasteiger partial charge in [-0.25, -0.2) is 27.5 Å². The van der Waals surface area contributed by atoms with E-state index in [9.17, 15) is 17.6 Å². The van der Waals surface area contributed by atoms with Gasteiger partial charge in [0, 0.05) is 33.3 Å². The Kier molecular flexibility index (Phi) is 11.8. The summed E-state index contributed by atoms with van der Waals surface area (Å²) in [6.45, 7) is 2.07. The molecule has 4 nitrogen and oxygen atoms in total. The molecule has 45 heavy (non-hydrogen) atoms. The van der Waals surface area contributed by atoms with Crippen molar-refractivity contribution in [1.29, 1.82) is 0 Å². The highest BCUT2D eigenvalue weighted by molar-refractivity contribution is 8.93. The number of rotatable bonds is 9. The topological polar surface area (TPSA) is 57.4 Å². The monoisotopic (exact) mass is 776 g/mol. The average Bonchev–Trinajstić information content (AvgIpc) is 3.62. The van der Waals surface area contributed by atoms with E-state index in [0.717, 1.165) is 22.3 Å². The smallest absolute Gasteiger partial charge is 0.166 e. The second-order valence-corrected chi connectivity index (χ2v) is 12.2. The van der Waals surface area contributed by atoms with Crippen molar-refractivity contribution in [3.63, 3.8) is 0 Å². The normalized spacial score (nSPS) is 11.5. The van der Waals surface area contributed by atoms with E-state index in [-0.39, 0.29) is 62.5 Å². The van der Waals surface area contributed by atoms with Gasteiger partial charge in [0.25, 0.3) is 0 Å². The minimum atomic E-state index is -0.342. The van der Waals surface area contributed by atoms with Crippen LogP contribution >= 0.6 is 57.5 Å². The second kappa shape index (κ2) is 15.3. The summed E-state index contributed by atoms with van der Waals surface area (Å²) >= 11 is 3.06. The Labute approximate surface area is 287 Å². The molecule has 12 heteroatoms. The number of aromatic amines is 2. The number of H-pyrrole nitrogens is 2. The molecule has 2 aromatic heterocycles. The lowest BCUT2D eigenvalue weighted by molar-refractivity contribution is 0.627. The number of aromatic nitrogens is 4. The number of nitrogens with one attached hydrogen (secondary N) is 2. The molecular formula is C33H26Br2F4N4S2. The van der Waals surface area contributed by atoms with Crippen LogP contribution in [-0.4, -0.2) is 30.9 Å². The molecule has 0 aliphatic heterocycles. The summed E-state index contributed by atoms with van der Waals surface area (Å²) in [5, 5.41) is 1.43. The highest BCUT2D eigenvalue weighted by Crippen LogP contribution is 2.37. The third-order valence-electron chi connectivity index (χ3n) is 6.63. The van der Waals surface area contributed by atoms with Crippen molar-refractivity contribution in [3.05, 3.63) is 120 Å². The Balaban J connectivity index is 0.00000230. The van der Waals surface area contributed by atoms with E-state index < -0.39 is 0 Å². The molecule has 0 amide bonds. The SMILES string of the molecule is Br.Br.CC(CSc1nc(-c2ccc(F)cc2)c(-c2ccc(F)cc2)[nH]1)Sc1nc(-c2ccc(F)cc2)c(-c2ccc(F)cc2)[nH]1. The van der Waals surface area contributed by atoms with Crippen molar-refractivity contribution in [2.24, 2.45) is 0 Å². The summed E-state index contributed by atoms with van der Waals surface area (Å²) in [6, 6.07) is 24.5. The minimum absolute atomic E-state index is 0. The van der Waals surface area contributed by atoms with Crippen LogP contribution in [0.15, 0.2) is 107 Å². The second-order valence-electron chi connectivity index (χ2n) is 9.80. The number of benzene rings is 4. The van der Waals surface area contributed by atoms with Crippen molar-refractivity contribution >= 4 is 57.5 Å². The molecule has 4 aromatic carbocycles. The van der Waals surface area contributed by atoms with Crippen molar-refractivity contribution in [2.75, 3.05) is 5.75 Å². The molecule has 0 saturated heterocycles. The molecule has 0 saturated carbocycles. The van der Waals surface area contributed by atoms with Crippen LogP contribution in [0.1, 0.15) is 6.92 Å². The summed E-state index contributed by atoms with van der Waals surface area (Å²) in [6.07, 6.45) is 0. The zero-order valence-electron chi connectivity index (χ0n) is 23.6. The Bertz CT molecular complexity index is 1720. The van der Waals surface area contributed by atoms with E-state index in [2.05, 4.69) is 16.9 Å². The molecule has 6 aromatic rings. The molecule has 0 spiro atoms. The molecule has 0 fully saturated rings. The minimum Gasteiger partial charge on any atom is -0.332 e. The zero-order chi connectivity index (χ0) is 29.9. The van der Waals surface area contributed by atoms with Crippen molar-refractivity contribution in [2.45, 2.75) is 22.5 Å². The fourth-order valence-electron chi connectivity index (χ4n) is 4.53. The van der Waals surface area contributed by atoms with Gasteiger partial charge in [-0.2, -0.15) is 0 Å². The molecule has 1 unspecified atom stereocenters. The first kappa shape index (κ1) is 34.6. The van der Waals surface area contributed by atoms with Gasteiger partial charge in [-0.1, -0.05) is 30.4 Å². The number of hydrogen-bond acceptors (Lipinski definition) is 4. The van der Waals surface area contributed by atoms with Gasteiger partial charge in [0.15, 0.2) is 10.3 Å². The van der Waals surface area contributed by atoms with Crippen LogP contribution in [0, 0.1) is 23.3 Å². The number of nitrogens with zero attached hydrogens (tertiary/aromatic N) is 2. The van der Waals surface area contributed by atoms with Gasteiger partial charge in [-0.05, 0) is 97.1 Å². The van der Waals surface area contributed by atoms with Gasteiger partial charge in [0.1, 0.15) is 23.3 Å². The van der Waals surface area contributed by atoms with Gasteiger partial charge in [-0.3, -0.25) is 0 Å². The predicted octanol–water partition coefficient (Wildman–Crippen LogP) is 10.8. The molecule has 0 radical (unpaired) electrons. The number of imidazole rings is 2. The summed E-state index contributed by atoms with van der Waals surface area (Å²) in [5.74, 6) is -0.690. The van der Waals surface area contributed by atoms with Gasteiger partial charge in [0.2, 0.25) is 0 Å². The highest BCUT2D eigenvalue weighted by Gasteiger charge is 2.19. The third-order valence-corrected chi connectivity index (χ3v) is 8.96. The summed E-state index contributed by atoms with van der Waals surface area (Å²) in [7, 11) is 0. The van der Waals surface area contributed by atoms with Gasteiger partial charge in [0.05, 0.1) is 22.8 Å². The Morgan fingerprint density at radius 3 is 1.27 bits per heavy atom. The van der Waals surface area contributed by atoms with E-state index >= 15 is 0 Å². The molecule has 0 aliphatic carbocycles. The first-order valence-corrected chi connectivity index (χ1v) is 15.2. The average molecular weight is 779 g/mol. The first-order valence-electron chi connectivity index (χ1n) is 13.4. The number of halogens is 6. The number of thioether (sulfide) groups is 2. The Morgan fingerprint density at radius 2 is 0.867 bits per heavy atom. The maximum atomic E-state index is 13.6. The Morgan fingerprint density at radius 1 is 0.533 bits per heavy atom. The van der Waals surface area contributed by atoms with Crippen LogP contribution in [0.4, 0.5) is 17.6 Å². The van der Waals surface area contributed by atoms with Crippen LogP contribution in [-0.2, 0) is 0 Å². The first-order chi connectivity index (χ1) is 20.8. The fraction of sp³-hybridized carbons (Fsp3) is 0.0909. The zero-order valence-corrected chi connectivity index (χ0v) is 28.6. The van der Waals surface area contributed by atoms with E-state index in [0.29, 0.717) is 38.8 Å². The predicted molar refractivity (Wildman–Crippen MR) is 185 cm³/mol. The molecule has 2 heterocycles. The maximum Gasteiger partial charge on any atom is 0.166 e. The lowest BCUT2D eigenvalue weighted by Gasteiger charge is -2.07. The standard InChI is InChI=1S/C33H24F4N4S2.2BrH/c1-19(43-33-40-30(22-6-14-26(36)15-7-22)31(41-33)23-8-16-27(37)17-9-23)18-42-32-38-28(20-2-10-24(34)11-3-20)29(39-32)21-4-12-25(35)13-5-21;;/h2-17,19H,18H2,1H3,(H,38,39)(H,40,41);2*1H. The molecule has 1 atom stereocenters. The van der Waals surface area contributed by atoms with Crippen LogP contribution in [0.3, 0.4) is 0 Å². The Hall–Kier alpha value is -3.32. The molecule has 0 bridgehead atoms. The molecule has 6 rings (SSSR count). The summed E-state index contributed by atoms with van der Waals surface area (Å²) in [4.78, 5) is 16.3.